The van der Waals surface area contributed by atoms with Gasteiger partial charge < -0.3 is 10.2 Å². The fourth-order valence-corrected chi connectivity index (χ4v) is 5.52. The van der Waals surface area contributed by atoms with Crippen molar-refractivity contribution in [2.24, 2.45) is 11.3 Å². The molecule has 4 heteroatoms. The molecule has 2 amide bonds. The van der Waals surface area contributed by atoms with Gasteiger partial charge in [0.2, 0.25) is 5.91 Å². The van der Waals surface area contributed by atoms with Crippen LogP contribution in [0.1, 0.15) is 76.8 Å². The second-order valence-electron chi connectivity index (χ2n) is 10.0. The van der Waals surface area contributed by atoms with Gasteiger partial charge in [-0.25, -0.2) is 0 Å². The molecule has 0 bridgehead atoms. The highest BCUT2D eigenvalue weighted by atomic mass is 16.2. The summed E-state index contributed by atoms with van der Waals surface area (Å²) in [5.74, 6) is 0.677. The quantitative estimate of drug-likeness (QED) is 0.525. The Morgan fingerprint density at radius 2 is 1.69 bits per heavy atom. The van der Waals surface area contributed by atoms with E-state index < -0.39 is 6.04 Å². The lowest BCUT2D eigenvalue weighted by Gasteiger charge is -2.31. The molecule has 1 saturated carbocycles. The topological polar surface area (TPSA) is 49.4 Å². The van der Waals surface area contributed by atoms with E-state index in [-0.39, 0.29) is 17.2 Å². The van der Waals surface area contributed by atoms with Crippen LogP contribution in [0.3, 0.4) is 0 Å². The second kappa shape index (κ2) is 9.48. The Kier molecular flexibility index (Phi) is 6.68. The first-order valence-electron chi connectivity index (χ1n) is 12.2. The molecular weight excluding hydrogens is 396 g/mol. The number of likely N-dealkylation sites (N-methyl/N-ethyl adjacent to an activating group) is 1. The maximum absolute atomic E-state index is 13.7. The summed E-state index contributed by atoms with van der Waals surface area (Å²) in [6.45, 7) is 4.50. The van der Waals surface area contributed by atoms with Gasteiger partial charge in [0.15, 0.2) is 0 Å². The van der Waals surface area contributed by atoms with E-state index in [1.54, 1.807) is 4.90 Å². The van der Waals surface area contributed by atoms with Crippen molar-refractivity contribution < 1.29 is 9.59 Å². The largest absolute Gasteiger partial charge is 0.340 e. The maximum Gasteiger partial charge on any atom is 0.253 e. The van der Waals surface area contributed by atoms with Gasteiger partial charge in [-0.1, -0.05) is 88.4 Å². The number of hydrogen-bond acceptors (Lipinski definition) is 2. The highest BCUT2D eigenvalue weighted by Gasteiger charge is 2.43. The van der Waals surface area contributed by atoms with E-state index in [0.29, 0.717) is 5.92 Å². The smallest absolute Gasteiger partial charge is 0.253 e. The minimum atomic E-state index is -0.663. The van der Waals surface area contributed by atoms with Gasteiger partial charge in [0, 0.05) is 18.0 Å². The lowest BCUT2D eigenvalue weighted by molar-refractivity contribution is -0.135. The third-order valence-electron chi connectivity index (χ3n) is 7.41. The first-order valence-corrected chi connectivity index (χ1v) is 12.2. The van der Waals surface area contributed by atoms with Gasteiger partial charge >= 0.3 is 0 Å². The van der Waals surface area contributed by atoms with Gasteiger partial charge in [0.1, 0.15) is 6.04 Å². The summed E-state index contributed by atoms with van der Waals surface area (Å²) >= 11 is 0. The summed E-state index contributed by atoms with van der Waals surface area (Å²) < 4.78 is 0. The molecule has 0 aromatic heterocycles. The maximum atomic E-state index is 13.7. The number of carbonyl (C=O) groups excluding carboxylic acids is 2. The Balaban J connectivity index is 1.61. The lowest BCUT2D eigenvalue weighted by atomic mass is 9.79. The average Bonchev–Trinajstić information content (AvgIpc) is 3.26. The standard InChI is InChI=1S/C28H36N2O2/c1-20(2)12-8-9-17-28(18-10-11-19-28)27(32)29-25-23-15-5-4-13-21(23)22-14-6-7-16-24(22)30(3)26(25)31/h4-7,13-16,20,25H,8-12,17-19H2,1-3H3,(H,29,32). The number of benzene rings is 2. The van der Waals surface area contributed by atoms with Crippen molar-refractivity contribution in [2.45, 2.75) is 71.3 Å². The van der Waals surface area contributed by atoms with Gasteiger partial charge in [0.05, 0.1) is 5.69 Å². The normalized spacial score (nSPS) is 19.4. The Morgan fingerprint density at radius 3 is 2.41 bits per heavy atom. The van der Waals surface area contributed by atoms with Crippen LogP contribution in [0.15, 0.2) is 48.5 Å². The van der Waals surface area contributed by atoms with E-state index in [1.807, 2.05) is 43.4 Å². The van der Waals surface area contributed by atoms with Gasteiger partial charge in [-0.15, -0.1) is 0 Å². The first kappa shape index (κ1) is 22.6. The summed E-state index contributed by atoms with van der Waals surface area (Å²) in [5, 5.41) is 3.23. The first-order chi connectivity index (χ1) is 15.4. The number of anilines is 1. The van der Waals surface area contributed by atoms with Gasteiger partial charge in [-0.2, -0.15) is 0 Å². The van der Waals surface area contributed by atoms with Crippen LogP contribution in [0.2, 0.25) is 0 Å². The highest BCUT2D eigenvalue weighted by Crippen LogP contribution is 2.44. The molecule has 2 aromatic rings. The van der Waals surface area contributed by atoms with Crippen molar-refractivity contribution in [3.05, 3.63) is 54.1 Å². The van der Waals surface area contributed by atoms with Crippen molar-refractivity contribution in [2.75, 3.05) is 11.9 Å². The van der Waals surface area contributed by atoms with E-state index in [1.165, 1.54) is 6.42 Å². The van der Waals surface area contributed by atoms with Gasteiger partial charge in [-0.05, 0) is 42.4 Å². The number of fused-ring (bicyclic) bond motifs is 3. The molecule has 4 nitrogen and oxygen atoms in total. The summed E-state index contributed by atoms with van der Waals surface area (Å²) in [6, 6.07) is 15.3. The number of para-hydroxylation sites is 1. The molecule has 0 radical (unpaired) electrons. The molecule has 1 fully saturated rings. The zero-order valence-corrected chi connectivity index (χ0v) is 19.7. The molecule has 170 valence electrons. The molecule has 2 aromatic carbocycles. The second-order valence-corrected chi connectivity index (χ2v) is 10.0. The average molecular weight is 433 g/mol. The Labute approximate surface area is 192 Å². The Morgan fingerprint density at radius 1 is 1.03 bits per heavy atom. The van der Waals surface area contributed by atoms with Crippen molar-refractivity contribution in [1.29, 1.82) is 0 Å². The van der Waals surface area contributed by atoms with E-state index in [2.05, 4.69) is 31.3 Å². The predicted octanol–water partition coefficient (Wildman–Crippen LogP) is 6.26. The minimum absolute atomic E-state index is 0.0621. The van der Waals surface area contributed by atoms with Gasteiger partial charge in [-0.3, -0.25) is 9.59 Å². The Hall–Kier alpha value is -2.62. The van der Waals surface area contributed by atoms with Crippen LogP contribution < -0.4 is 10.2 Å². The van der Waals surface area contributed by atoms with Crippen LogP contribution in [0.25, 0.3) is 11.1 Å². The van der Waals surface area contributed by atoms with Crippen LogP contribution in [0.5, 0.6) is 0 Å². The minimum Gasteiger partial charge on any atom is -0.340 e. The molecule has 1 aliphatic heterocycles. The lowest BCUT2D eigenvalue weighted by Crippen LogP contribution is -2.46. The summed E-state index contributed by atoms with van der Waals surface area (Å²) in [6.07, 6.45) is 8.41. The van der Waals surface area contributed by atoms with Crippen molar-refractivity contribution >= 4 is 17.5 Å². The number of carbonyl (C=O) groups is 2. The van der Waals surface area contributed by atoms with Crippen molar-refractivity contribution in [1.82, 2.24) is 5.32 Å². The SMILES string of the molecule is CC(C)CCCCC1(C(=O)NC2C(=O)N(C)c3ccccc3-c3ccccc32)CCCC1. The molecule has 1 aliphatic carbocycles. The fourth-order valence-electron chi connectivity index (χ4n) is 5.52. The molecule has 4 rings (SSSR count). The van der Waals surface area contributed by atoms with E-state index in [9.17, 15) is 9.59 Å². The number of nitrogens with one attached hydrogen (secondary N) is 1. The fraction of sp³-hybridized carbons (Fsp3) is 0.500. The van der Waals surface area contributed by atoms with Crippen LogP contribution in [-0.2, 0) is 9.59 Å². The molecule has 32 heavy (non-hydrogen) atoms. The number of nitrogens with zero attached hydrogens (tertiary/aromatic N) is 1. The molecule has 0 spiro atoms. The summed E-state index contributed by atoms with van der Waals surface area (Å²) in [7, 11) is 1.81. The predicted molar refractivity (Wildman–Crippen MR) is 130 cm³/mol. The molecular formula is C28H36N2O2. The molecule has 1 unspecified atom stereocenters. The highest BCUT2D eigenvalue weighted by molar-refractivity contribution is 6.06. The summed E-state index contributed by atoms with van der Waals surface area (Å²) in [4.78, 5) is 29.0. The number of unbranched alkanes of at least 4 members (excludes halogenated alkanes) is 1. The van der Waals surface area contributed by atoms with Crippen LogP contribution in [0.4, 0.5) is 5.69 Å². The zero-order chi connectivity index (χ0) is 22.7. The van der Waals surface area contributed by atoms with Crippen molar-refractivity contribution in [3.63, 3.8) is 0 Å². The van der Waals surface area contributed by atoms with E-state index in [4.69, 9.17) is 0 Å². The zero-order valence-electron chi connectivity index (χ0n) is 19.7. The van der Waals surface area contributed by atoms with Gasteiger partial charge in [0.25, 0.3) is 5.91 Å². The van der Waals surface area contributed by atoms with E-state index in [0.717, 1.165) is 67.3 Å². The molecule has 0 saturated heterocycles. The number of rotatable bonds is 7. The number of amides is 2. The molecule has 1 atom stereocenters. The molecule has 1 N–H and O–H groups in total. The third-order valence-corrected chi connectivity index (χ3v) is 7.41. The van der Waals surface area contributed by atoms with Crippen molar-refractivity contribution in [3.8, 4) is 11.1 Å². The van der Waals surface area contributed by atoms with Crippen LogP contribution >= 0.6 is 0 Å². The Bertz CT molecular complexity index is 975. The number of hydrogen-bond donors (Lipinski definition) is 1. The molecule has 1 heterocycles. The van der Waals surface area contributed by atoms with Crippen LogP contribution in [-0.4, -0.2) is 18.9 Å². The third kappa shape index (κ3) is 4.32. The monoisotopic (exact) mass is 432 g/mol. The van der Waals surface area contributed by atoms with E-state index >= 15 is 0 Å². The summed E-state index contributed by atoms with van der Waals surface area (Å²) in [5.41, 5.74) is 3.48. The molecule has 2 aliphatic rings. The van der Waals surface area contributed by atoms with Crippen LogP contribution in [0, 0.1) is 11.3 Å².